The Morgan fingerprint density at radius 3 is 2.52 bits per heavy atom. The highest BCUT2D eigenvalue weighted by Crippen LogP contribution is 2.26. The van der Waals surface area contributed by atoms with Gasteiger partial charge in [0.2, 0.25) is 0 Å². The van der Waals surface area contributed by atoms with Crippen molar-refractivity contribution in [1.29, 1.82) is 0 Å². The first kappa shape index (κ1) is 17.6. The first-order valence-electron chi connectivity index (χ1n) is 8.97. The number of anilines is 2. The molecule has 136 valence electrons. The second kappa shape index (κ2) is 7.05. The third-order valence-corrected chi connectivity index (χ3v) is 4.71. The van der Waals surface area contributed by atoms with Crippen LogP contribution >= 0.6 is 11.6 Å². The fraction of sp³-hybridized carbons (Fsp3) is 0.182. The summed E-state index contributed by atoms with van der Waals surface area (Å²) in [5.41, 5.74) is 5.94. The van der Waals surface area contributed by atoms with Crippen LogP contribution in [-0.4, -0.2) is 15.6 Å². The Labute approximate surface area is 163 Å². The minimum atomic E-state index is 0.187. The molecule has 0 amide bonds. The first-order valence-corrected chi connectivity index (χ1v) is 9.35. The van der Waals surface area contributed by atoms with Crippen LogP contribution in [-0.2, 0) is 7.05 Å². The van der Waals surface area contributed by atoms with Gasteiger partial charge in [-0.1, -0.05) is 23.7 Å². The Morgan fingerprint density at radius 1 is 1.04 bits per heavy atom. The van der Waals surface area contributed by atoms with Gasteiger partial charge in [-0.15, -0.1) is 0 Å². The summed E-state index contributed by atoms with van der Waals surface area (Å²) in [6, 6.07) is 20.2. The lowest BCUT2D eigenvalue weighted by atomic mass is 10.1. The lowest BCUT2D eigenvalue weighted by Crippen LogP contribution is -2.16. The van der Waals surface area contributed by atoms with Crippen LogP contribution in [0.25, 0.3) is 22.4 Å². The Bertz CT molecular complexity index is 1140. The van der Waals surface area contributed by atoms with Crippen molar-refractivity contribution >= 4 is 34.0 Å². The van der Waals surface area contributed by atoms with Gasteiger partial charge in [0.15, 0.2) is 0 Å². The zero-order valence-electron chi connectivity index (χ0n) is 15.6. The van der Waals surface area contributed by atoms with Gasteiger partial charge in [0.05, 0.1) is 33.5 Å². The standard InChI is InChI=1S/C22H21ClN4/c1-14(2)24-19-13-22-20(26-17-6-4-5-7-21(17)27(22)3)12-18(19)25-16-10-8-15(23)9-11-16/h4-14,25H,1-3H3. The lowest BCUT2D eigenvalue weighted by Gasteiger charge is -2.17. The molecule has 27 heavy (non-hydrogen) atoms. The van der Waals surface area contributed by atoms with E-state index in [0.29, 0.717) is 5.02 Å². The molecule has 0 aromatic heterocycles. The largest absolute Gasteiger partial charge is 0.354 e. The van der Waals surface area contributed by atoms with E-state index in [1.54, 1.807) is 0 Å². The molecule has 0 radical (unpaired) electrons. The molecule has 4 rings (SSSR count). The maximum atomic E-state index is 6.01. The number of aryl methyl sites for hydroxylation is 1. The minimum absolute atomic E-state index is 0.187. The number of aromatic nitrogens is 2. The van der Waals surface area contributed by atoms with Crippen molar-refractivity contribution in [2.75, 3.05) is 5.32 Å². The van der Waals surface area contributed by atoms with Crippen molar-refractivity contribution < 1.29 is 0 Å². The molecular formula is C22H21ClN4. The van der Waals surface area contributed by atoms with Crippen LogP contribution in [0.4, 0.5) is 11.4 Å². The molecule has 4 nitrogen and oxygen atoms in total. The monoisotopic (exact) mass is 376 g/mol. The summed E-state index contributed by atoms with van der Waals surface area (Å²) in [5.74, 6) is 0. The molecule has 0 atom stereocenters. The molecular weight excluding hydrogens is 356 g/mol. The SMILES string of the molecule is CC(C)N=c1cc2n(C)c3ccccc3nc-2cc1Nc1ccc(Cl)cc1. The Hall–Kier alpha value is -2.85. The highest BCUT2D eigenvalue weighted by atomic mass is 35.5. The highest BCUT2D eigenvalue weighted by Gasteiger charge is 2.13. The summed E-state index contributed by atoms with van der Waals surface area (Å²) in [4.78, 5) is 9.67. The van der Waals surface area contributed by atoms with Crippen LogP contribution in [0.5, 0.6) is 0 Å². The second-order valence-corrected chi connectivity index (χ2v) is 7.31. The van der Waals surface area contributed by atoms with Crippen LogP contribution < -0.4 is 10.7 Å². The summed E-state index contributed by atoms with van der Waals surface area (Å²) < 4.78 is 2.17. The van der Waals surface area contributed by atoms with Gasteiger partial charge in [0.25, 0.3) is 0 Å². The van der Waals surface area contributed by atoms with Crippen molar-refractivity contribution in [3.8, 4) is 11.4 Å². The zero-order valence-corrected chi connectivity index (χ0v) is 16.3. The molecule has 0 fully saturated rings. The molecule has 0 spiro atoms. The van der Waals surface area contributed by atoms with E-state index < -0.39 is 0 Å². The van der Waals surface area contributed by atoms with Crippen molar-refractivity contribution in [1.82, 2.24) is 9.55 Å². The molecule has 1 aliphatic heterocycles. The lowest BCUT2D eigenvalue weighted by molar-refractivity contribution is 0.805. The van der Waals surface area contributed by atoms with Crippen LogP contribution in [0.15, 0.2) is 65.7 Å². The molecule has 0 unspecified atom stereocenters. The van der Waals surface area contributed by atoms with E-state index in [1.807, 2.05) is 42.5 Å². The number of benzene rings is 3. The van der Waals surface area contributed by atoms with Gasteiger partial charge in [-0.25, -0.2) is 4.98 Å². The molecule has 0 saturated heterocycles. The molecule has 2 aromatic carbocycles. The Morgan fingerprint density at radius 2 is 1.78 bits per heavy atom. The molecule has 1 N–H and O–H groups in total. The van der Waals surface area contributed by atoms with Crippen LogP contribution in [0.2, 0.25) is 5.02 Å². The van der Waals surface area contributed by atoms with Crippen molar-refractivity contribution in [3.05, 3.63) is 71.0 Å². The van der Waals surface area contributed by atoms with Gasteiger partial charge in [0, 0.05) is 23.8 Å². The van der Waals surface area contributed by atoms with Crippen molar-refractivity contribution in [2.45, 2.75) is 19.9 Å². The maximum Gasteiger partial charge on any atom is 0.0896 e. The van der Waals surface area contributed by atoms with Gasteiger partial charge in [-0.2, -0.15) is 0 Å². The van der Waals surface area contributed by atoms with Crippen LogP contribution in [0, 0.1) is 0 Å². The van der Waals surface area contributed by atoms with Gasteiger partial charge in [-0.05, 0) is 62.4 Å². The van der Waals surface area contributed by atoms with Crippen molar-refractivity contribution in [2.24, 2.45) is 12.0 Å². The van der Waals surface area contributed by atoms with Crippen molar-refractivity contribution in [3.63, 3.8) is 0 Å². The summed E-state index contributed by atoms with van der Waals surface area (Å²) in [6.45, 7) is 4.16. The van der Waals surface area contributed by atoms with Gasteiger partial charge >= 0.3 is 0 Å². The fourth-order valence-corrected chi connectivity index (χ4v) is 3.33. The van der Waals surface area contributed by atoms with E-state index in [2.05, 4.69) is 49.0 Å². The van der Waals surface area contributed by atoms with Crippen LogP contribution in [0.1, 0.15) is 13.8 Å². The molecule has 5 heteroatoms. The van der Waals surface area contributed by atoms with Gasteiger partial charge in [-0.3, -0.25) is 4.99 Å². The predicted molar refractivity (Wildman–Crippen MR) is 113 cm³/mol. The van der Waals surface area contributed by atoms with Gasteiger partial charge < -0.3 is 9.88 Å². The molecule has 2 aromatic rings. The molecule has 1 aliphatic carbocycles. The average molecular weight is 377 g/mol. The average Bonchev–Trinajstić information content (AvgIpc) is 2.64. The summed E-state index contributed by atoms with van der Waals surface area (Å²) in [6.07, 6.45) is 0. The van der Waals surface area contributed by atoms with Crippen LogP contribution in [0.3, 0.4) is 0 Å². The number of hydrogen-bond donors (Lipinski definition) is 1. The number of hydrogen-bond acceptors (Lipinski definition) is 3. The third kappa shape index (κ3) is 3.53. The topological polar surface area (TPSA) is 42.2 Å². The molecule has 2 aliphatic rings. The summed E-state index contributed by atoms with van der Waals surface area (Å²) in [5, 5.41) is 5.09. The number of nitrogens with one attached hydrogen (secondary N) is 1. The molecule has 0 saturated carbocycles. The first-order chi connectivity index (χ1) is 13.0. The third-order valence-electron chi connectivity index (χ3n) is 4.46. The summed E-state index contributed by atoms with van der Waals surface area (Å²) in [7, 11) is 2.07. The zero-order chi connectivity index (χ0) is 19.0. The van der Waals surface area contributed by atoms with E-state index in [-0.39, 0.29) is 6.04 Å². The maximum absolute atomic E-state index is 6.01. The number of fused-ring (bicyclic) bond motifs is 2. The number of nitrogens with zero attached hydrogens (tertiary/aromatic N) is 3. The van der Waals surface area contributed by atoms with E-state index in [9.17, 15) is 0 Å². The highest BCUT2D eigenvalue weighted by molar-refractivity contribution is 6.30. The van der Waals surface area contributed by atoms with Gasteiger partial charge in [0.1, 0.15) is 0 Å². The summed E-state index contributed by atoms with van der Waals surface area (Å²) >= 11 is 6.01. The number of rotatable bonds is 3. The fourth-order valence-electron chi connectivity index (χ4n) is 3.20. The van der Waals surface area contributed by atoms with E-state index >= 15 is 0 Å². The minimum Gasteiger partial charge on any atom is -0.354 e. The number of para-hydroxylation sites is 2. The smallest absolute Gasteiger partial charge is 0.0896 e. The number of halogens is 1. The normalized spacial score (nSPS) is 12.3. The predicted octanol–water partition coefficient (Wildman–Crippen LogP) is 5.38. The Balaban J connectivity index is 1.95. The molecule has 0 bridgehead atoms. The van der Waals surface area contributed by atoms with E-state index in [1.165, 1.54) is 0 Å². The van der Waals surface area contributed by atoms with E-state index in [4.69, 9.17) is 21.6 Å². The second-order valence-electron chi connectivity index (χ2n) is 6.87. The Kier molecular flexibility index (Phi) is 4.58. The van der Waals surface area contributed by atoms with E-state index in [0.717, 1.165) is 39.2 Å². The molecule has 1 heterocycles. The quantitative estimate of drug-likeness (QED) is 0.487.